The first-order valence-electron chi connectivity index (χ1n) is 11.4. The van der Waals surface area contributed by atoms with Crippen molar-refractivity contribution < 1.29 is 14.3 Å². The molecule has 0 atom stereocenters. The number of ether oxygens (including phenoxy) is 1. The number of aromatic nitrogens is 1. The number of allylic oxidation sites excluding steroid dienone is 1. The molecule has 0 unspecified atom stereocenters. The monoisotopic (exact) mass is 460 g/mol. The summed E-state index contributed by atoms with van der Waals surface area (Å²) in [6, 6.07) is 15.3. The highest BCUT2D eigenvalue weighted by Gasteiger charge is 2.28. The number of hydrogen-bond acceptors (Lipinski definition) is 4. The van der Waals surface area contributed by atoms with E-state index in [9.17, 15) is 9.59 Å². The van der Waals surface area contributed by atoms with E-state index in [1.165, 1.54) is 0 Å². The molecule has 6 heteroatoms. The third-order valence-corrected chi connectivity index (χ3v) is 6.64. The van der Waals surface area contributed by atoms with E-state index in [2.05, 4.69) is 6.08 Å². The average molecular weight is 461 g/mol. The average Bonchev–Trinajstić information content (AvgIpc) is 3.24. The molecule has 5 nitrogen and oxygen atoms in total. The lowest BCUT2D eigenvalue weighted by Gasteiger charge is -2.26. The maximum Gasteiger partial charge on any atom is 0.339 e. The number of piperidine rings is 1. The molecule has 1 aliphatic carbocycles. The number of pyridine rings is 1. The Morgan fingerprint density at radius 1 is 1.00 bits per heavy atom. The van der Waals surface area contributed by atoms with Crippen LogP contribution in [0.3, 0.4) is 0 Å². The van der Waals surface area contributed by atoms with Crippen molar-refractivity contribution >= 4 is 46.0 Å². The molecule has 0 radical (unpaired) electrons. The number of esters is 1. The molecule has 1 aliphatic heterocycles. The summed E-state index contributed by atoms with van der Waals surface area (Å²) in [5, 5.41) is 1.46. The number of halogens is 1. The van der Waals surface area contributed by atoms with Gasteiger partial charge in [-0.05, 0) is 73.1 Å². The molecule has 3 aromatic rings. The molecular formula is C27H25ClN2O3. The van der Waals surface area contributed by atoms with Gasteiger partial charge < -0.3 is 9.64 Å². The Kier molecular flexibility index (Phi) is 6.14. The molecule has 0 saturated carbocycles. The second kappa shape index (κ2) is 9.36. The largest absolute Gasteiger partial charge is 0.452 e. The summed E-state index contributed by atoms with van der Waals surface area (Å²) in [7, 11) is 0. The van der Waals surface area contributed by atoms with Crippen LogP contribution in [0.15, 0.2) is 48.5 Å². The van der Waals surface area contributed by atoms with Gasteiger partial charge in [-0.15, -0.1) is 0 Å². The molecule has 1 aromatic heterocycles. The molecule has 0 N–H and O–H groups in total. The number of hydrogen-bond donors (Lipinski definition) is 0. The molecule has 1 fully saturated rings. The number of para-hydroxylation sites is 1. The summed E-state index contributed by atoms with van der Waals surface area (Å²) in [4.78, 5) is 32.5. The van der Waals surface area contributed by atoms with E-state index in [4.69, 9.17) is 21.3 Å². The Bertz CT molecular complexity index is 1240. The SMILES string of the molecule is O=C(OCC(=O)N1CCCCC1)c1c2c(nc3ccccc13)C(=Cc1ccc(Cl)cc1)CC2. The minimum Gasteiger partial charge on any atom is -0.452 e. The molecule has 1 saturated heterocycles. The van der Waals surface area contributed by atoms with Crippen molar-refractivity contribution in [3.8, 4) is 0 Å². The van der Waals surface area contributed by atoms with E-state index < -0.39 is 5.97 Å². The smallest absolute Gasteiger partial charge is 0.339 e. The number of rotatable bonds is 4. The molecule has 33 heavy (non-hydrogen) atoms. The molecule has 0 spiro atoms. The zero-order valence-corrected chi connectivity index (χ0v) is 19.1. The molecule has 0 bridgehead atoms. The van der Waals surface area contributed by atoms with Crippen LogP contribution in [0.2, 0.25) is 5.02 Å². The van der Waals surface area contributed by atoms with E-state index >= 15 is 0 Å². The minimum absolute atomic E-state index is 0.124. The van der Waals surface area contributed by atoms with Crippen molar-refractivity contribution in [2.45, 2.75) is 32.1 Å². The summed E-state index contributed by atoms with van der Waals surface area (Å²) in [5.74, 6) is -0.579. The van der Waals surface area contributed by atoms with E-state index in [0.717, 1.165) is 72.1 Å². The summed E-state index contributed by atoms with van der Waals surface area (Å²) in [6.07, 6.45) is 6.74. The van der Waals surface area contributed by atoms with Crippen molar-refractivity contribution in [2.24, 2.45) is 0 Å². The van der Waals surface area contributed by atoms with Gasteiger partial charge in [-0.1, -0.05) is 41.9 Å². The Balaban J connectivity index is 1.46. The van der Waals surface area contributed by atoms with Crippen LogP contribution in [0.5, 0.6) is 0 Å². The van der Waals surface area contributed by atoms with Crippen molar-refractivity contribution in [3.63, 3.8) is 0 Å². The number of benzene rings is 2. The Labute approximate surface area is 198 Å². The summed E-state index contributed by atoms with van der Waals surface area (Å²) >= 11 is 6.02. The fraction of sp³-hybridized carbons (Fsp3) is 0.296. The van der Waals surface area contributed by atoms with Crippen LogP contribution in [0.25, 0.3) is 22.6 Å². The highest BCUT2D eigenvalue weighted by molar-refractivity contribution is 6.30. The quantitative estimate of drug-likeness (QED) is 0.479. The molecule has 168 valence electrons. The summed E-state index contributed by atoms with van der Waals surface area (Å²) < 4.78 is 5.55. The molecular weight excluding hydrogens is 436 g/mol. The van der Waals surface area contributed by atoms with Crippen LogP contribution < -0.4 is 0 Å². The maximum absolute atomic E-state index is 13.3. The van der Waals surface area contributed by atoms with Gasteiger partial charge >= 0.3 is 5.97 Å². The molecule has 5 rings (SSSR count). The van der Waals surface area contributed by atoms with Gasteiger partial charge in [-0.25, -0.2) is 9.78 Å². The molecule has 1 amide bonds. The predicted molar refractivity (Wildman–Crippen MR) is 130 cm³/mol. The lowest BCUT2D eigenvalue weighted by Crippen LogP contribution is -2.38. The van der Waals surface area contributed by atoms with Gasteiger partial charge in [-0.3, -0.25) is 4.79 Å². The number of amides is 1. The Morgan fingerprint density at radius 3 is 2.55 bits per heavy atom. The summed E-state index contributed by atoms with van der Waals surface area (Å²) in [5.41, 5.74) is 5.11. The van der Waals surface area contributed by atoms with Gasteiger partial charge in [-0.2, -0.15) is 0 Å². The topological polar surface area (TPSA) is 59.5 Å². The number of fused-ring (bicyclic) bond motifs is 2. The lowest BCUT2D eigenvalue weighted by atomic mass is 10.0. The predicted octanol–water partition coefficient (Wildman–Crippen LogP) is 5.54. The zero-order valence-electron chi connectivity index (χ0n) is 18.4. The third-order valence-electron chi connectivity index (χ3n) is 6.39. The second-order valence-corrected chi connectivity index (χ2v) is 9.01. The lowest BCUT2D eigenvalue weighted by molar-refractivity contribution is -0.135. The van der Waals surface area contributed by atoms with Crippen molar-refractivity contribution in [2.75, 3.05) is 19.7 Å². The maximum atomic E-state index is 13.3. The highest BCUT2D eigenvalue weighted by atomic mass is 35.5. The fourth-order valence-electron chi connectivity index (χ4n) is 4.71. The Hall–Kier alpha value is -3.18. The number of carbonyl (C=O) groups excluding carboxylic acids is 2. The fourth-order valence-corrected chi connectivity index (χ4v) is 4.83. The van der Waals surface area contributed by atoms with Crippen LogP contribution in [-0.4, -0.2) is 41.5 Å². The van der Waals surface area contributed by atoms with E-state index in [0.29, 0.717) is 17.0 Å². The van der Waals surface area contributed by atoms with Crippen LogP contribution in [0, 0.1) is 0 Å². The van der Waals surface area contributed by atoms with Crippen LogP contribution in [-0.2, 0) is 16.0 Å². The number of carbonyl (C=O) groups is 2. The van der Waals surface area contributed by atoms with Crippen molar-refractivity contribution in [1.82, 2.24) is 9.88 Å². The van der Waals surface area contributed by atoms with Gasteiger partial charge in [0.05, 0.1) is 16.8 Å². The van der Waals surface area contributed by atoms with Gasteiger partial charge in [0.2, 0.25) is 0 Å². The first-order valence-corrected chi connectivity index (χ1v) is 11.8. The molecule has 2 heterocycles. The first-order chi connectivity index (χ1) is 16.1. The number of likely N-dealkylation sites (tertiary alicyclic amines) is 1. The number of nitrogens with zero attached hydrogens (tertiary/aromatic N) is 2. The van der Waals surface area contributed by atoms with Crippen molar-refractivity contribution in [1.29, 1.82) is 0 Å². The van der Waals surface area contributed by atoms with Gasteiger partial charge in [0.15, 0.2) is 6.61 Å². The van der Waals surface area contributed by atoms with E-state index in [1.807, 2.05) is 48.5 Å². The summed E-state index contributed by atoms with van der Waals surface area (Å²) in [6.45, 7) is 1.25. The normalized spacial score (nSPS) is 16.8. The van der Waals surface area contributed by atoms with Gasteiger partial charge in [0, 0.05) is 23.5 Å². The minimum atomic E-state index is -0.456. The van der Waals surface area contributed by atoms with Crippen LogP contribution in [0.4, 0.5) is 0 Å². The first kappa shape index (κ1) is 21.7. The van der Waals surface area contributed by atoms with Gasteiger partial charge in [0.1, 0.15) is 0 Å². The zero-order chi connectivity index (χ0) is 22.8. The van der Waals surface area contributed by atoms with Gasteiger partial charge in [0.25, 0.3) is 5.91 Å². The standard InChI is InChI=1S/C27H25ClN2O3/c28-20-11-8-18(9-12-20)16-19-10-13-22-25(21-6-2-3-7-23(21)29-26(19)22)27(32)33-17-24(31)30-14-4-1-5-15-30/h2-3,6-9,11-12,16H,1,4-5,10,13-15,17H2. The third kappa shape index (κ3) is 4.51. The van der Waals surface area contributed by atoms with E-state index in [1.54, 1.807) is 4.90 Å². The van der Waals surface area contributed by atoms with E-state index in [-0.39, 0.29) is 12.5 Å². The molecule has 2 aliphatic rings. The van der Waals surface area contributed by atoms with Crippen LogP contribution in [0.1, 0.15) is 52.9 Å². The Morgan fingerprint density at radius 2 is 1.76 bits per heavy atom. The van der Waals surface area contributed by atoms with Crippen LogP contribution >= 0.6 is 11.6 Å². The second-order valence-electron chi connectivity index (χ2n) is 8.57. The molecule has 2 aromatic carbocycles. The highest BCUT2D eigenvalue weighted by Crippen LogP contribution is 2.37. The van der Waals surface area contributed by atoms with Crippen molar-refractivity contribution in [3.05, 3.63) is 75.9 Å².